The van der Waals surface area contributed by atoms with Gasteiger partial charge in [-0.15, -0.1) is 0 Å². The molecule has 0 radical (unpaired) electrons. The number of hydrogen-bond acceptors (Lipinski definition) is 9. The number of rotatable bonds is 10. The summed E-state index contributed by atoms with van der Waals surface area (Å²) in [5.74, 6) is -0.270. The number of carbonyl (C=O) groups excluding carboxylic acids is 1. The van der Waals surface area contributed by atoms with Crippen LogP contribution in [0.3, 0.4) is 0 Å². The molecule has 3 aromatic carbocycles. The Hall–Kier alpha value is -5.03. The third-order valence-electron chi connectivity index (χ3n) is 6.76. The molecule has 4 aromatic rings. The highest BCUT2D eigenvalue weighted by Crippen LogP contribution is 2.43. The largest absolute Gasteiger partial charge is 0.490 e. The number of hydrogen-bond donors (Lipinski definition) is 0. The van der Waals surface area contributed by atoms with E-state index in [4.69, 9.17) is 19.2 Å². The Kier molecular flexibility index (Phi) is 8.82. The van der Waals surface area contributed by atoms with Crippen molar-refractivity contribution in [3.05, 3.63) is 125 Å². The molecule has 0 fully saturated rings. The zero-order valence-corrected chi connectivity index (χ0v) is 24.6. The summed E-state index contributed by atoms with van der Waals surface area (Å²) in [7, 11) is 0. The maximum Gasteiger partial charge on any atom is 0.338 e. The molecule has 0 saturated heterocycles. The van der Waals surface area contributed by atoms with E-state index in [0.29, 0.717) is 15.0 Å². The van der Waals surface area contributed by atoms with Crippen molar-refractivity contribution in [1.82, 2.24) is 4.57 Å². The summed E-state index contributed by atoms with van der Waals surface area (Å²) in [4.78, 5) is 43.8. The molecule has 2 heterocycles. The highest BCUT2D eigenvalue weighted by atomic mass is 32.1. The van der Waals surface area contributed by atoms with Gasteiger partial charge in [-0.05, 0) is 44.0 Å². The Morgan fingerprint density at radius 2 is 1.70 bits per heavy atom. The Bertz CT molecular complexity index is 1880. The summed E-state index contributed by atoms with van der Waals surface area (Å²) >= 11 is 1.14. The van der Waals surface area contributed by atoms with Crippen LogP contribution in [0.4, 0.5) is 5.69 Å². The summed E-state index contributed by atoms with van der Waals surface area (Å²) in [5.41, 5.74) is 1.48. The van der Waals surface area contributed by atoms with Crippen LogP contribution in [0.15, 0.2) is 88.2 Å². The number of nitro groups is 1. The van der Waals surface area contributed by atoms with Crippen molar-refractivity contribution in [3.8, 4) is 11.5 Å². The van der Waals surface area contributed by atoms with Gasteiger partial charge in [0, 0.05) is 5.70 Å². The fourth-order valence-electron chi connectivity index (χ4n) is 4.80. The minimum absolute atomic E-state index is 0.0315. The molecule has 0 bridgehead atoms. The summed E-state index contributed by atoms with van der Waals surface area (Å²) < 4.78 is 18.9. The lowest BCUT2D eigenvalue weighted by atomic mass is 9.94. The van der Waals surface area contributed by atoms with E-state index in [1.54, 1.807) is 26.8 Å². The van der Waals surface area contributed by atoms with Crippen LogP contribution in [0, 0.1) is 10.1 Å². The number of nitrogens with zero attached hydrogens (tertiary/aromatic N) is 3. The first-order valence-electron chi connectivity index (χ1n) is 13.7. The van der Waals surface area contributed by atoms with E-state index in [9.17, 15) is 19.7 Å². The van der Waals surface area contributed by atoms with E-state index in [1.807, 2.05) is 60.7 Å². The van der Waals surface area contributed by atoms with Gasteiger partial charge < -0.3 is 14.2 Å². The molecule has 11 heteroatoms. The quantitative estimate of drug-likeness (QED) is 0.146. The zero-order chi connectivity index (χ0) is 30.5. The zero-order valence-electron chi connectivity index (χ0n) is 23.8. The van der Waals surface area contributed by atoms with Crippen molar-refractivity contribution in [3.63, 3.8) is 0 Å². The van der Waals surface area contributed by atoms with Gasteiger partial charge in [0.05, 0.1) is 39.9 Å². The number of allylic oxidation sites excluding steroid dienone is 1. The molecular weight excluding hydrogens is 570 g/mol. The van der Waals surface area contributed by atoms with Crippen LogP contribution in [0.1, 0.15) is 43.5 Å². The molecule has 10 nitrogen and oxygen atoms in total. The van der Waals surface area contributed by atoms with Gasteiger partial charge in [0.1, 0.15) is 12.6 Å². The van der Waals surface area contributed by atoms with Crippen LogP contribution >= 0.6 is 11.3 Å². The van der Waals surface area contributed by atoms with Crippen LogP contribution < -0.4 is 24.4 Å². The number of aromatic nitrogens is 1. The van der Waals surface area contributed by atoms with Crippen molar-refractivity contribution >= 4 is 34.8 Å². The first kappa shape index (κ1) is 29.5. The summed E-state index contributed by atoms with van der Waals surface area (Å²) in [6.07, 6.45) is 1.74. The van der Waals surface area contributed by atoms with Gasteiger partial charge in [0.2, 0.25) is 0 Å². The number of fused-ring (bicyclic) bond motifs is 1. The molecule has 1 aliphatic rings. The van der Waals surface area contributed by atoms with Crippen molar-refractivity contribution in [1.29, 1.82) is 0 Å². The van der Waals surface area contributed by atoms with Crippen LogP contribution in [-0.2, 0) is 16.1 Å². The fraction of sp³-hybridized carbons (Fsp3) is 0.219. The molecule has 1 atom stereocenters. The standard InChI is InChI=1S/C32H29N3O7S/c1-4-40-25-17-23(24(35(38)39)18-26(25)42-19-22-14-10-7-11-15-22)29-28(31(37)41-5-2)20(3)34-30(36)27(43-32(34)33-29)16-21-12-8-6-9-13-21/h6-18,29H,4-5,19H2,1-3H3/b27-16-/t29-/m0/s1. The average molecular weight is 600 g/mol. The van der Waals surface area contributed by atoms with Gasteiger partial charge in [-0.3, -0.25) is 19.5 Å². The maximum atomic E-state index is 13.5. The Morgan fingerprint density at radius 3 is 2.35 bits per heavy atom. The normalized spacial score (nSPS) is 14.6. The van der Waals surface area contributed by atoms with Gasteiger partial charge in [-0.25, -0.2) is 9.79 Å². The second-order valence-electron chi connectivity index (χ2n) is 9.52. The molecule has 0 aliphatic carbocycles. The van der Waals surface area contributed by atoms with Gasteiger partial charge in [0.15, 0.2) is 16.3 Å². The molecule has 0 unspecified atom stereocenters. The van der Waals surface area contributed by atoms with Crippen LogP contribution in [0.2, 0.25) is 0 Å². The molecular formula is C32H29N3O7S. The SMILES string of the molecule is CCOC(=O)C1=C(C)n2c(s/c(=C\c3ccccc3)c2=O)=N[C@H]1c1cc(OCC)c(OCc2ccccc2)cc1[N+](=O)[O-]. The number of ether oxygens (including phenoxy) is 3. The lowest BCUT2D eigenvalue weighted by Gasteiger charge is -2.23. The minimum Gasteiger partial charge on any atom is -0.490 e. The molecule has 1 aliphatic heterocycles. The Labute approximate surface area is 251 Å². The van der Waals surface area contributed by atoms with E-state index in [2.05, 4.69) is 0 Å². The lowest BCUT2D eigenvalue weighted by molar-refractivity contribution is -0.385. The van der Waals surface area contributed by atoms with Crippen molar-refractivity contribution in [2.75, 3.05) is 13.2 Å². The lowest BCUT2D eigenvalue weighted by Crippen LogP contribution is -2.35. The molecule has 0 saturated carbocycles. The second kappa shape index (κ2) is 12.9. The van der Waals surface area contributed by atoms with Crippen molar-refractivity contribution in [2.45, 2.75) is 33.4 Å². The molecule has 1 aromatic heterocycles. The van der Waals surface area contributed by atoms with Crippen LogP contribution in [0.25, 0.3) is 11.8 Å². The molecule has 220 valence electrons. The Morgan fingerprint density at radius 1 is 1.02 bits per heavy atom. The maximum absolute atomic E-state index is 13.5. The van der Waals surface area contributed by atoms with Crippen LogP contribution in [-0.4, -0.2) is 28.7 Å². The number of nitro benzene ring substituents is 1. The van der Waals surface area contributed by atoms with E-state index in [0.717, 1.165) is 22.5 Å². The highest BCUT2D eigenvalue weighted by molar-refractivity contribution is 7.07. The van der Waals surface area contributed by atoms with Gasteiger partial charge in [-0.2, -0.15) is 0 Å². The third-order valence-corrected chi connectivity index (χ3v) is 7.74. The number of esters is 1. The van der Waals surface area contributed by atoms with Crippen molar-refractivity contribution < 1.29 is 23.9 Å². The molecule has 0 N–H and O–H groups in total. The molecule has 0 amide bonds. The number of thiazole rings is 1. The first-order valence-corrected chi connectivity index (χ1v) is 14.5. The predicted octanol–water partition coefficient (Wildman–Crippen LogP) is 4.79. The molecule has 0 spiro atoms. The number of carbonyl (C=O) groups is 1. The van der Waals surface area contributed by atoms with E-state index >= 15 is 0 Å². The summed E-state index contributed by atoms with van der Waals surface area (Å²) in [5, 5.41) is 12.4. The predicted molar refractivity (Wildman–Crippen MR) is 163 cm³/mol. The molecule has 5 rings (SSSR count). The second-order valence-corrected chi connectivity index (χ2v) is 10.5. The van der Waals surface area contributed by atoms with Gasteiger partial charge >= 0.3 is 5.97 Å². The third kappa shape index (κ3) is 6.12. The van der Waals surface area contributed by atoms with Gasteiger partial charge in [0.25, 0.3) is 11.2 Å². The van der Waals surface area contributed by atoms with Crippen LogP contribution in [0.5, 0.6) is 11.5 Å². The van der Waals surface area contributed by atoms with E-state index in [1.165, 1.54) is 16.7 Å². The van der Waals surface area contributed by atoms with E-state index < -0.39 is 16.9 Å². The highest BCUT2D eigenvalue weighted by Gasteiger charge is 2.36. The fourth-order valence-corrected chi connectivity index (χ4v) is 5.84. The minimum atomic E-state index is -1.13. The van der Waals surface area contributed by atoms with Crippen molar-refractivity contribution in [2.24, 2.45) is 4.99 Å². The van der Waals surface area contributed by atoms with Gasteiger partial charge in [-0.1, -0.05) is 72.0 Å². The number of benzene rings is 3. The monoisotopic (exact) mass is 599 g/mol. The summed E-state index contributed by atoms with van der Waals surface area (Å²) in [6, 6.07) is 20.4. The van der Waals surface area contributed by atoms with E-state index in [-0.39, 0.29) is 53.7 Å². The summed E-state index contributed by atoms with van der Waals surface area (Å²) in [6.45, 7) is 5.57. The average Bonchev–Trinajstić information content (AvgIpc) is 3.31. The first-order chi connectivity index (χ1) is 20.8. The molecule has 43 heavy (non-hydrogen) atoms. The topological polar surface area (TPSA) is 122 Å². The smallest absolute Gasteiger partial charge is 0.338 e. The Balaban J connectivity index is 1.70.